The van der Waals surface area contributed by atoms with Gasteiger partial charge in [-0.05, 0) is 30.7 Å². The van der Waals surface area contributed by atoms with Crippen molar-refractivity contribution in [2.75, 3.05) is 20.5 Å². The molecule has 2 atom stereocenters. The summed E-state index contributed by atoms with van der Waals surface area (Å²) in [5.41, 5.74) is 1.48. The van der Waals surface area contributed by atoms with Gasteiger partial charge in [0.1, 0.15) is 5.75 Å². The van der Waals surface area contributed by atoms with Crippen molar-refractivity contribution in [2.45, 2.75) is 12.8 Å². The fourth-order valence-electron chi connectivity index (χ4n) is 3.08. The molecule has 0 fully saturated rings. The lowest BCUT2D eigenvalue weighted by molar-refractivity contribution is -0.146. The molecule has 2 aromatic rings. The third-order valence-corrected chi connectivity index (χ3v) is 4.24. The Bertz CT molecular complexity index is 842. The molecule has 0 saturated heterocycles. The van der Waals surface area contributed by atoms with Crippen LogP contribution in [-0.4, -0.2) is 26.5 Å². The van der Waals surface area contributed by atoms with Crippen molar-refractivity contribution in [3.05, 3.63) is 53.6 Å². The lowest BCUT2D eigenvalue weighted by Crippen LogP contribution is -2.24. The Kier molecular flexibility index (Phi) is 5.28. The lowest BCUT2D eigenvalue weighted by atomic mass is 9.80. The summed E-state index contributed by atoms with van der Waals surface area (Å²) in [7, 11) is 1.56. The minimum Gasteiger partial charge on any atom is -0.496 e. The molecule has 1 heterocycles. The van der Waals surface area contributed by atoms with Crippen molar-refractivity contribution >= 4 is 5.97 Å². The number of fused-ring (bicyclic) bond motifs is 1. The SMILES string of the molecule is CCOC(=O)[C@@H](C#N)[C@H](c1ccc2c(c1)OCO2)c1ccccc1OC. The molecule has 1 aliphatic rings. The smallest absolute Gasteiger partial charge is 0.324 e. The van der Waals surface area contributed by atoms with Crippen LogP contribution >= 0.6 is 0 Å². The van der Waals surface area contributed by atoms with Crippen molar-refractivity contribution in [1.29, 1.82) is 5.26 Å². The summed E-state index contributed by atoms with van der Waals surface area (Å²) in [6, 6.07) is 14.8. The number of hydrogen-bond donors (Lipinski definition) is 0. The van der Waals surface area contributed by atoms with Gasteiger partial charge in [0.15, 0.2) is 17.4 Å². The van der Waals surface area contributed by atoms with E-state index in [4.69, 9.17) is 18.9 Å². The van der Waals surface area contributed by atoms with Crippen LogP contribution < -0.4 is 14.2 Å². The largest absolute Gasteiger partial charge is 0.496 e. The molecule has 0 N–H and O–H groups in total. The van der Waals surface area contributed by atoms with Gasteiger partial charge in [-0.3, -0.25) is 4.79 Å². The van der Waals surface area contributed by atoms with Crippen LogP contribution in [0.2, 0.25) is 0 Å². The van der Waals surface area contributed by atoms with Crippen LogP contribution in [0.25, 0.3) is 0 Å². The molecule has 1 aliphatic heterocycles. The van der Waals surface area contributed by atoms with E-state index in [2.05, 4.69) is 6.07 Å². The van der Waals surface area contributed by atoms with Crippen LogP contribution in [0, 0.1) is 17.2 Å². The van der Waals surface area contributed by atoms with E-state index >= 15 is 0 Å². The third-order valence-electron chi connectivity index (χ3n) is 4.24. The maximum atomic E-state index is 12.5. The molecule has 0 aromatic heterocycles. The Morgan fingerprint density at radius 1 is 1.23 bits per heavy atom. The predicted octanol–water partition coefficient (Wildman–Crippen LogP) is 3.26. The van der Waals surface area contributed by atoms with Crippen molar-refractivity contribution in [3.8, 4) is 23.3 Å². The summed E-state index contributed by atoms with van der Waals surface area (Å²) < 4.78 is 21.4. The maximum absolute atomic E-state index is 12.5. The van der Waals surface area contributed by atoms with Crippen LogP contribution in [0.15, 0.2) is 42.5 Å². The van der Waals surface area contributed by atoms with E-state index in [1.165, 1.54) is 0 Å². The summed E-state index contributed by atoms with van der Waals surface area (Å²) in [4.78, 5) is 12.5. The number of ether oxygens (including phenoxy) is 4. The highest BCUT2D eigenvalue weighted by Crippen LogP contribution is 2.42. The average molecular weight is 353 g/mol. The molecule has 0 saturated carbocycles. The minimum atomic E-state index is -1.02. The van der Waals surface area contributed by atoms with Crippen LogP contribution in [0.3, 0.4) is 0 Å². The number of benzene rings is 2. The number of rotatable bonds is 6. The number of para-hydroxylation sites is 1. The molecule has 0 aliphatic carbocycles. The Hall–Kier alpha value is -3.20. The quantitative estimate of drug-likeness (QED) is 0.742. The molecule has 3 rings (SSSR count). The van der Waals surface area contributed by atoms with Gasteiger partial charge in [0, 0.05) is 11.5 Å². The first-order valence-electron chi connectivity index (χ1n) is 8.28. The molecular weight excluding hydrogens is 334 g/mol. The van der Waals surface area contributed by atoms with Crippen LogP contribution in [0.4, 0.5) is 0 Å². The topological polar surface area (TPSA) is 77.8 Å². The fraction of sp³-hybridized carbons (Fsp3) is 0.300. The first kappa shape index (κ1) is 17.6. The number of carbonyl (C=O) groups is 1. The zero-order valence-electron chi connectivity index (χ0n) is 14.6. The molecule has 0 amide bonds. The highest BCUT2D eigenvalue weighted by Gasteiger charge is 2.35. The second kappa shape index (κ2) is 7.79. The molecule has 134 valence electrons. The Balaban J connectivity index is 2.12. The average Bonchev–Trinajstić information content (AvgIpc) is 3.14. The molecule has 2 aromatic carbocycles. The fourth-order valence-corrected chi connectivity index (χ4v) is 3.08. The highest BCUT2D eigenvalue weighted by molar-refractivity contribution is 5.78. The van der Waals surface area contributed by atoms with E-state index in [1.54, 1.807) is 32.2 Å². The Labute approximate surface area is 151 Å². The van der Waals surface area contributed by atoms with E-state index in [-0.39, 0.29) is 13.4 Å². The molecular formula is C20H19NO5. The first-order valence-corrected chi connectivity index (χ1v) is 8.28. The van der Waals surface area contributed by atoms with Gasteiger partial charge in [0.05, 0.1) is 19.8 Å². The zero-order chi connectivity index (χ0) is 18.5. The summed E-state index contributed by atoms with van der Waals surface area (Å²) in [6.45, 7) is 2.07. The normalized spacial score (nSPS) is 14.2. The second-order valence-electron chi connectivity index (χ2n) is 5.69. The van der Waals surface area contributed by atoms with Gasteiger partial charge < -0.3 is 18.9 Å². The van der Waals surface area contributed by atoms with Crippen LogP contribution in [-0.2, 0) is 9.53 Å². The van der Waals surface area contributed by atoms with Gasteiger partial charge in [-0.2, -0.15) is 5.26 Å². The number of hydrogen-bond acceptors (Lipinski definition) is 6. The second-order valence-corrected chi connectivity index (χ2v) is 5.69. The number of nitriles is 1. The van der Waals surface area contributed by atoms with Crippen molar-refractivity contribution in [1.82, 2.24) is 0 Å². The first-order chi connectivity index (χ1) is 12.7. The van der Waals surface area contributed by atoms with Gasteiger partial charge in [-0.15, -0.1) is 0 Å². The monoisotopic (exact) mass is 353 g/mol. The van der Waals surface area contributed by atoms with E-state index in [1.807, 2.05) is 24.3 Å². The number of esters is 1. The molecule has 6 heteroatoms. The third kappa shape index (κ3) is 3.29. The van der Waals surface area contributed by atoms with Crippen LogP contribution in [0.5, 0.6) is 17.2 Å². The van der Waals surface area contributed by atoms with E-state index < -0.39 is 17.8 Å². The summed E-state index contributed by atoms with van der Waals surface area (Å²) in [5.74, 6) is -0.334. The van der Waals surface area contributed by atoms with Gasteiger partial charge in [0.25, 0.3) is 0 Å². The molecule has 6 nitrogen and oxygen atoms in total. The van der Waals surface area contributed by atoms with Crippen molar-refractivity contribution < 1.29 is 23.7 Å². The summed E-state index contributed by atoms with van der Waals surface area (Å²) >= 11 is 0. The molecule has 0 unspecified atom stereocenters. The maximum Gasteiger partial charge on any atom is 0.324 e. The highest BCUT2D eigenvalue weighted by atomic mass is 16.7. The van der Waals surface area contributed by atoms with Crippen LogP contribution in [0.1, 0.15) is 24.0 Å². The van der Waals surface area contributed by atoms with E-state index in [0.29, 0.717) is 17.2 Å². The van der Waals surface area contributed by atoms with Gasteiger partial charge >= 0.3 is 5.97 Å². The van der Waals surface area contributed by atoms with Gasteiger partial charge in [-0.1, -0.05) is 24.3 Å². The number of carbonyl (C=O) groups excluding carboxylic acids is 1. The van der Waals surface area contributed by atoms with E-state index in [0.717, 1.165) is 11.1 Å². The molecule has 0 bridgehead atoms. The molecule has 0 spiro atoms. The standard InChI is InChI=1S/C20H19NO5/c1-3-24-20(22)15(11-21)19(14-6-4-5-7-16(14)23-2)13-8-9-17-18(10-13)26-12-25-17/h4-10,15,19H,3,12H2,1-2H3/t15-,19+/m0/s1. The predicted molar refractivity (Wildman–Crippen MR) is 93.1 cm³/mol. The summed E-state index contributed by atoms with van der Waals surface area (Å²) in [6.07, 6.45) is 0. The van der Waals surface area contributed by atoms with Gasteiger partial charge in [-0.25, -0.2) is 0 Å². The zero-order valence-corrected chi connectivity index (χ0v) is 14.6. The summed E-state index contributed by atoms with van der Waals surface area (Å²) in [5, 5.41) is 9.73. The molecule has 0 radical (unpaired) electrons. The number of nitrogens with zero attached hydrogens (tertiary/aromatic N) is 1. The van der Waals surface area contributed by atoms with Gasteiger partial charge in [0.2, 0.25) is 6.79 Å². The van der Waals surface area contributed by atoms with Crippen molar-refractivity contribution in [2.24, 2.45) is 5.92 Å². The van der Waals surface area contributed by atoms with Crippen molar-refractivity contribution in [3.63, 3.8) is 0 Å². The lowest BCUT2D eigenvalue weighted by Gasteiger charge is -2.23. The minimum absolute atomic E-state index is 0.150. The molecule has 26 heavy (non-hydrogen) atoms. The van der Waals surface area contributed by atoms with E-state index in [9.17, 15) is 10.1 Å². The number of methoxy groups -OCH3 is 1. The Morgan fingerprint density at radius 2 is 2.00 bits per heavy atom. The Morgan fingerprint density at radius 3 is 2.73 bits per heavy atom.